The van der Waals surface area contributed by atoms with Crippen LogP contribution in [0, 0.1) is 0 Å². The molecule has 0 radical (unpaired) electrons. The number of rotatable bonds is 14. The molecule has 324 valence electrons. The molecular formula is C52H50N6O6. The van der Waals surface area contributed by atoms with Gasteiger partial charge in [0.25, 0.3) is 11.8 Å². The van der Waals surface area contributed by atoms with Crippen molar-refractivity contribution in [3.63, 3.8) is 0 Å². The van der Waals surface area contributed by atoms with Crippen LogP contribution < -0.4 is 20.1 Å². The van der Waals surface area contributed by atoms with E-state index in [1.807, 2.05) is 135 Å². The number of hydrogen-bond donors (Lipinski definition) is 2. The minimum atomic E-state index is -0.626. The summed E-state index contributed by atoms with van der Waals surface area (Å²) in [4.78, 5) is 67.2. The molecule has 2 aliphatic rings. The number of aromatic nitrogens is 2. The minimum absolute atomic E-state index is 0.244. The lowest BCUT2D eigenvalue weighted by molar-refractivity contribution is -0.120. The van der Waals surface area contributed by atoms with Gasteiger partial charge in [-0.15, -0.1) is 0 Å². The zero-order chi connectivity index (χ0) is 44.4. The van der Waals surface area contributed by atoms with Gasteiger partial charge in [0.1, 0.15) is 35.0 Å². The number of amides is 4. The topological polar surface area (TPSA) is 143 Å². The average Bonchev–Trinajstić information content (AvgIpc) is 4.04. The Morgan fingerprint density at radius 1 is 0.578 bits per heavy atom. The highest BCUT2D eigenvalue weighted by molar-refractivity contribution is 6.05. The van der Waals surface area contributed by atoms with E-state index in [-0.39, 0.29) is 23.6 Å². The summed E-state index contributed by atoms with van der Waals surface area (Å²) in [6, 6.07) is 36.2. The van der Waals surface area contributed by atoms with Gasteiger partial charge in [-0.05, 0) is 122 Å². The normalized spacial score (nSPS) is 15.8. The fraction of sp³-hybridized carbons (Fsp3) is 0.231. The van der Waals surface area contributed by atoms with Crippen molar-refractivity contribution < 1.29 is 28.7 Å². The Labute approximate surface area is 373 Å². The Morgan fingerprint density at radius 2 is 1.00 bits per heavy atom. The van der Waals surface area contributed by atoms with Crippen molar-refractivity contribution in [1.29, 1.82) is 0 Å². The van der Waals surface area contributed by atoms with Crippen LogP contribution in [0.1, 0.15) is 71.6 Å². The zero-order valence-corrected chi connectivity index (χ0v) is 35.9. The van der Waals surface area contributed by atoms with Gasteiger partial charge in [0.15, 0.2) is 0 Å². The number of pyridine rings is 2. The molecule has 6 aromatic rings. The number of carbonyl (C=O) groups excluding carboxylic acids is 4. The second-order valence-electron chi connectivity index (χ2n) is 15.6. The van der Waals surface area contributed by atoms with Crippen molar-refractivity contribution in [3.05, 3.63) is 156 Å². The van der Waals surface area contributed by atoms with Gasteiger partial charge in [0.05, 0.1) is 13.2 Å². The van der Waals surface area contributed by atoms with Crippen molar-refractivity contribution in [2.45, 2.75) is 51.6 Å². The summed E-state index contributed by atoms with van der Waals surface area (Å²) >= 11 is 0. The summed E-state index contributed by atoms with van der Waals surface area (Å²) in [5.41, 5.74) is 6.71. The fourth-order valence-electron chi connectivity index (χ4n) is 8.29. The molecule has 2 atom stereocenters. The van der Waals surface area contributed by atoms with Gasteiger partial charge in [-0.1, -0.05) is 72.8 Å². The Morgan fingerprint density at radius 3 is 1.41 bits per heavy atom. The Balaban J connectivity index is 0.857. The number of carbonyl (C=O) groups is 4. The smallest absolute Gasteiger partial charge is 0.273 e. The van der Waals surface area contributed by atoms with Crippen LogP contribution in [0.3, 0.4) is 0 Å². The molecule has 8 rings (SSSR count). The van der Waals surface area contributed by atoms with Crippen molar-refractivity contribution in [2.75, 3.05) is 36.9 Å². The van der Waals surface area contributed by atoms with Gasteiger partial charge < -0.3 is 29.9 Å². The van der Waals surface area contributed by atoms with Crippen molar-refractivity contribution in [1.82, 2.24) is 19.8 Å². The molecule has 4 aromatic carbocycles. The first-order chi connectivity index (χ1) is 31.3. The van der Waals surface area contributed by atoms with Gasteiger partial charge in [0.2, 0.25) is 11.8 Å². The Bertz CT molecular complexity index is 2480. The number of likely N-dealkylation sites (tertiary alicyclic amines) is 2. The van der Waals surface area contributed by atoms with Crippen LogP contribution in [0.15, 0.2) is 134 Å². The number of nitrogens with zero attached hydrogens (tertiary/aromatic N) is 4. The van der Waals surface area contributed by atoms with Crippen molar-refractivity contribution in [3.8, 4) is 33.8 Å². The summed E-state index contributed by atoms with van der Waals surface area (Å²) < 4.78 is 11.4. The van der Waals surface area contributed by atoms with Crippen LogP contribution in [0.25, 0.3) is 34.4 Å². The van der Waals surface area contributed by atoms with Crippen LogP contribution in [-0.2, 0) is 9.59 Å². The molecular weight excluding hydrogens is 805 g/mol. The Hall–Kier alpha value is -7.60. The third kappa shape index (κ3) is 9.86. The second-order valence-corrected chi connectivity index (χ2v) is 15.6. The average molecular weight is 855 g/mol. The molecule has 0 bridgehead atoms. The summed E-state index contributed by atoms with van der Waals surface area (Å²) in [6.45, 7) is 5.82. The summed E-state index contributed by atoms with van der Waals surface area (Å²) in [5.74, 6) is 0.364. The first kappa shape index (κ1) is 43.1. The number of nitrogens with one attached hydrogen (secondary N) is 2. The van der Waals surface area contributed by atoms with E-state index in [9.17, 15) is 19.2 Å². The van der Waals surface area contributed by atoms with Gasteiger partial charge >= 0.3 is 0 Å². The molecule has 2 aliphatic heterocycles. The number of ether oxygens (including phenoxy) is 2. The lowest BCUT2D eigenvalue weighted by atomic mass is 10.0. The van der Waals surface area contributed by atoms with Crippen LogP contribution in [-0.4, -0.2) is 81.8 Å². The van der Waals surface area contributed by atoms with Crippen LogP contribution in [0.2, 0.25) is 0 Å². The largest absolute Gasteiger partial charge is 0.494 e. The molecule has 0 saturated carbocycles. The predicted molar refractivity (Wildman–Crippen MR) is 249 cm³/mol. The number of anilines is 2. The van der Waals surface area contributed by atoms with Crippen LogP contribution >= 0.6 is 0 Å². The molecule has 64 heavy (non-hydrogen) atoms. The molecule has 2 saturated heterocycles. The second kappa shape index (κ2) is 20.1. The van der Waals surface area contributed by atoms with E-state index >= 15 is 0 Å². The van der Waals surface area contributed by atoms with Crippen molar-refractivity contribution in [2.24, 2.45) is 0 Å². The van der Waals surface area contributed by atoms with Gasteiger partial charge in [-0.2, -0.15) is 0 Å². The van der Waals surface area contributed by atoms with E-state index in [0.29, 0.717) is 97.4 Å². The lowest BCUT2D eigenvalue weighted by Crippen LogP contribution is -2.43. The van der Waals surface area contributed by atoms with E-state index in [0.717, 1.165) is 22.3 Å². The monoisotopic (exact) mass is 854 g/mol. The van der Waals surface area contributed by atoms with Gasteiger partial charge in [-0.3, -0.25) is 29.1 Å². The molecule has 12 nitrogen and oxygen atoms in total. The van der Waals surface area contributed by atoms with E-state index in [1.165, 1.54) is 0 Å². The van der Waals surface area contributed by atoms with E-state index < -0.39 is 12.1 Å². The maximum atomic E-state index is 13.9. The maximum Gasteiger partial charge on any atom is 0.273 e. The quantitative estimate of drug-likeness (QED) is 0.103. The van der Waals surface area contributed by atoms with Crippen LogP contribution in [0.5, 0.6) is 11.5 Å². The molecule has 0 spiro atoms. The summed E-state index contributed by atoms with van der Waals surface area (Å²) in [5, 5.41) is 6.01. The summed E-state index contributed by atoms with van der Waals surface area (Å²) in [6.07, 6.45) is 9.66. The van der Waals surface area contributed by atoms with Gasteiger partial charge in [-0.25, -0.2) is 0 Å². The Kier molecular flexibility index (Phi) is 13.5. The molecule has 2 aromatic heterocycles. The van der Waals surface area contributed by atoms with Crippen molar-refractivity contribution >= 4 is 47.2 Å². The molecule has 2 fully saturated rings. The van der Waals surface area contributed by atoms with Crippen LogP contribution in [0.4, 0.5) is 11.4 Å². The standard InChI is InChI=1S/C52H50N6O6/c1-3-63-41-13-5-11-37(33-41)43-15-7-29-53-47(43)51(61)57-31-9-17-45(57)49(59)55-39-25-21-35(22-26-39)19-20-36-23-27-40(28-24-36)56-50(60)46-18-10-32-58(46)52(62)48-44(16-8-30-54-48)38-12-6-14-42(34-38)64-4-2/h5-8,11-16,19-30,33-34,45-46H,3-4,9-10,17-18,31-32H2,1-2H3,(H,55,59)(H,56,60)/b20-19+/t45-,46-/m0/s1. The molecule has 4 amide bonds. The molecule has 0 unspecified atom stereocenters. The predicted octanol–water partition coefficient (Wildman–Crippen LogP) is 9.27. The third-order valence-corrected chi connectivity index (χ3v) is 11.4. The highest BCUT2D eigenvalue weighted by Crippen LogP contribution is 2.31. The SMILES string of the molecule is CCOc1cccc(-c2cccnc2C(=O)N2CCC[C@H]2C(=O)Nc2ccc(/C=C/c3ccc(NC(=O)[C@@H]4CCCN4C(=O)c4ncccc4-c4cccc(OCC)c4)cc3)cc2)c1. The van der Waals surface area contributed by atoms with E-state index in [2.05, 4.69) is 20.6 Å². The highest BCUT2D eigenvalue weighted by Gasteiger charge is 2.37. The number of benzene rings is 4. The van der Waals surface area contributed by atoms with E-state index in [4.69, 9.17) is 9.47 Å². The van der Waals surface area contributed by atoms with Gasteiger partial charge in [0, 0.05) is 48.0 Å². The molecule has 12 heteroatoms. The number of hydrogen-bond acceptors (Lipinski definition) is 8. The van der Waals surface area contributed by atoms with E-state index in [1.54, 1.807) is 34.3 Å². The lowest BCUT2D eigenvalue weighted by Gasteiger charge is -2.24. The fourth-order valence-corrected chi connectivity index (χ4v) is 8.29. The summed E-state index contributed by atoms with van der Waals surface area (Å²) in [7, 11) is 0. The first-order valence-electron chi connectivity index (χ1n) is 21.8. The molecule has 0 aliphatic carbocycles. The zero-order valence-electron chi connectivity index (χ0n) is 35.9. The molecule has 2 N–H and O–H groups in total. The molecule has 4 heterocycles. The minimum Gasteiger partial charge on any atom is -0.494 e. The first-order valence-corrected chi connectivity index (χ1v) is 21.8. The maximum absolute atomic E-state index is 13.9. The third-order valence-electron chi connectivity index (χ3n) is 11.4. The highest BCUT2D eigenvalue weighted by atomic mass is 16.5.